The fourth-order valence-electron chi connectivity index (χ4n) is 1.36. The number of nitrogens with zero attached hydrogens (tertiary/aromatic N) is 3. The summed E-state index contributed by atoms with van der Waals surface area (Å²) in [6.45, 7) is 0. The number of carbonyl (C=O) groups is 1. The third-order valence-corrected chi connectivity index (χ3v) is 2.08. The van der Waals surface area contributed by atoms with Gasteiger partial charge in [0.2, 0.25) is 0 Å². The Labute approximate surface area is 94.0 Å². The van der Waals surface area contributed by atoms with Crippen LogP contribution in [0, 0.1) is 0 Å². The maximum atomic E-state index is 13.7. The number of aromatic nitrogens is 3. The Kier molecular flexibility index (Phi) is 2.58. The molecule has 0 spiro atoms. The van der Waals surface area contributed by atoms with Gasteiger partial charge in [0.15, 0.2) is 5.65 Å². The van der Waals surface area contributed by atoms with Gasteiger partial charge in [0, 0.05) is 6.08 Å². The molecule has 0 atom stereocenters. The molecular weight excluding hydrogens is 232 g/mol. The van der Waals surface area contributed by atoms with Crippen molar-refractivity contribution in [1.29, 1.82) is 0 Å². The average Bonchev–Trinajstić information content (AvgIpc) is 2.74. The van der Waals surface area contributed by atoms with Crippen molar-refractivity contribution in [2.24, 2.45) is 0 Å². The summed E-state index contributed by atoms with van der Waals surface area (Å²) in [7, 11) is 0. The molecule has 5 nitrogen and oxygen atoms in total. The Hall–Kier alpha value is -2.31. The van der Waals surface area contributed by atoms with Gasteiger partial charge < -0.3 is 5.11 Å². The van der Waals surface area contributed by atoms with E-state index in [4.69, 9.17) is 5.11 Å². The molecule has 0 aliphatic carbocycles. The fraction of sp³-hybridized carbons (Fsp3) is 0.100. The number of hydrogen-bond acceptors (Lipinski definition) is 3. The lowest BCUT2D eigenvalue weighted by molar-refractivity contribution is -0.131. The molecule has 0 saturated carbocycles. The van der Waals surface area contributed by atoms with Crippen molar-refractivity contribution in [1.82, 2.24) is 14.6 Å². The van der Waals surface area contributed by atoms with E-state index in [0.717, 1.165) is 16.9 Å². The van der Waals surface area contributed by atoms with Crippen LogP contribution in [0.2, 0.25) is 0 Å². The monoisotopic (exact) mass is 239 g/mol. The minimum atomic E-state index is -3.43. The first kappa shape index (κ1) is 11.2. The minimum Gasteiger partial charge on any atom is -0.478 e. The van der Waals surface area contributed by atoms with Crippen LogP contribution in [0.25, 0.3) is 5.65 Å². The molecule has 0 saturated heterocycles. The molecule has 0 amide bonds. The number of allylic oxidation sites excluding steroid dienone is 1. The average molecular weight is 239 g/mol. The Morgan fingerprint density at radius 2 is 2.24 bits per heavy atom. The molecule has 0 aromatic carbocycles. The Morgan fingerprint density at radius 1 is 1.47 bits per heavy atom. The summed E-state index contributed by atoms with van der Waals surface area (Å²) < 4.78 is 28.3. The zero-order valence-corrected chi connectivity index (χ0v) is 8.42. The number of carboxylic acids is 1. The van der Waals surface area contributed by atoms with Crippen LogP contribution in [0.15, 0.2) is 36.7 Å². The number of pyridine rings is 1. The van der Waals surface area contributed by atoms with E-state index in [1.165, 1.54) is 12.1 Å². The largest absolute Gasteiger partial charge is 0.478 e. The quantitative estimate of drug-likeness (QED) is 0.823. The molecule has 2 aromatic heterocycles. The van der Waals surface area contributed by atoms with E-state index >= 15 is 0 Å². The highest BCUT2D eigenvalue weighted by atomic mass is 19.3. The molecule has 2 heterocycles. The third-order valence-electron chi connectivity index (χ3n) is 2.08. The van der Waals surface area contributed by atoms with E-state index < -0.39 is 17.6 Å². The molecule has 0 bridgehead atoms. The van der Waals surface area contributed by atoms with Crippen molar-refractivity contribution in [2.75, 3.05) is 0 Å². The van der Waals surface area contributed by atoms with Crippen LogP contribution in [0.3, 0.4) is 0 Å². The fourth-order valence-corrected chi connectivity index (χ4v) is 1.36. The van der Waals surface area contributed by atoms with E-state index in [0.29, 0.717) is 12.2 Å². The molecular formula is C10H7F2N3O2. The van der Waals surface area contributed by atoms with Gasteiger partial charge in [-0.05, 0) is 18.2 Å². The summed E-state index contributed by atoms with van der Waals surface area (Å²) in [6, 6.07) is 4.09. The Bertz CT molecular complexity index is 592. The smallest absolute Gasteiger partial charge is 0.328 e. The number of alkyl halides is 2. The van der Waals surface area contributed by atoms with Crippen molar-refractivity contribution < 1.29 is 18.7 Å². The van der Waals surface area contributed by atoms with Crippen LogP contribution in [-0.2, 0) is 10.7 Å². The van der Waals surface area contributed by atoms with Gasteiger partial charge in [-0.15, -0.1) is 0 Å². The van der Waals surface area contributed by atoms with Crippen molar-refractivity contribution in [3.8, 4) is 0 Å². The highest BCUT2D eigenvalue weighted by Gasteiger charge is 2.31. The summed E-state index contributed by atoms with van der Waals surface area (Å²) in [5, 5.41) is 12.0. The summed E-state index contributed by atoms with van der Waals surface area (Å²) in [5.41, 5.74) is -0.170. The molecule has 88 valence electrons. The van der Waals surface area contributed by atoms with Crippen molar-refractivity contribution >= 4 is 11.6 Å². The summed E-state index contributed by atoms with van der Waals surface area (Å²) in [4.78, 5) is 14.0. The zero-order chi connectivity index (χ0) is 12.5. The van der Waals surface area contributed by atoms with Crippen LogP contribution in [0.5, 0.6) is 0 Å². The van der Waals surface area contributed by atoms with Crippen LogP contribution in [0.1, 0.15) is 5.69 Å². The molecule has 2 rings (SSSR count). The van der Waals surface area contributed by atoms with Gasteiger partial charge in [-0.2, -0.15) is 13.9 Å². The van der Waals surface area contributed by atoms with Gasteiger partial charge >= 0.3 is 11.9 Å². The van der Waals surface area contributed by atoms with Gasteiger partial charge in [0.05, 0.1) is 0 Å². The van der Waals surface area contributed by atoms with Gasteiger partial charge in [-0.25, -0.2) is 14.3 Å². The van der Waals surface area contributed by atoms with Crippen LogP contribution >= 0.6 is 0 Å². The topological polar surface area (TPSA) is 67.5 Å². The van der Waals surface area contributed by atoms with E-state index in [1.54, 1.807) is 0 Å². The van der Waals surface area contributed by atoms with E-state index in [1.807, 2.05) is 0 Å². The van der Waals surface area contributed by atoms with E-state index in [2.05, 4.69) is 10.1 Å². The van der Waals surface area contributed by atoms with Gasteiger partial charge in [0.1, 0.15) is 12.0 Å². The third kappa shape index (κ3) is 2.12. The number of aliphatic carboxylic acids is 1. The molecule has 7 heteroatoms. The highest BCUT2D eigenvalue weighted by molar-refractivity contribution is 5.79. The second kappa shape index (κ2) is 3.93. The molecule has 0 unspecified atom stereocenters. The predicted octanol–water partition coefficient (Wildman–Crippen LogP) is 1.46. The highest BCUT2D eigenvalue weighted by Crippen LogP contribution is 2.29. The van der Waals surface area contributed by atoms with Crippen LogP contribution in [-0.4, -0.2) is 25.7 Å². The van der Waals surface area contributed by atoms with Crippen molar-refractivity contribution in [3.63, 3.8) is 0 Å². The normalized spacial score (nSPS) is 12.4. The Balaban J connectivity index is 2.51. The molecule has 17 heavy (non-hydrogen) atoms. The maximum Gasteiger partial charge on any atom is 0.328 e. The first-order chi connectivity index (χ1) is 8.00. The molecule has 0 radical (unpaired) electrons. The Morgan fingerprint density at radius 3 is 2.94 bits per heavy atom. The minimum absolute atomic E-state index is 0.269. The van der Waals surface area contributed by atoms with Crippen LogP contribution < -0.4 is 0 Å². The lowest BCUT2D eigenvalue weighted by Crippen LogP contribution is -2.16. The lowest BCUT2D eigenvalue weighted by Gasteiger charge is -2.12. The summed E-state index contributed by atoms with van der Waals surface area (Å²) >= 11 is 0. The second-order valence-electron chi connectivity index (χ2n) is 3.24. The van der Waals surface area contributed by atoms with E-state index in [-0.39, 0.29) is 5.65 Å². The van der Waals surface area contributed by atoms with Crippen molar-refractivity contribution in [2.45, 2.75) is 5.92 Å². The van der Waals surface area contributed by atoms with Gasteiger partial charge in [-0.1, -0.05) is 6.07 Å². The number of carboxylic acid groups (broad SMARTS) is 1. The number of hydrogen-bond donors (Lipinski definition) is 1. The lowest BCUT2D eigenvalue weighted by atomic mass is 10.2. The first-order valence-electron chi connectivity index (χ1n) is 4.60. The van der Waals surface area contributed by atoms with Crippen LogP contribution in [0.4, 0.5) is 8.78 Å². The molecule has 0 aliphatic heterocycles. The van der Waals surface area contributed by atoms with Gasteiger partial charge in [0.25, 0.3) is 0 Å². The maximum absolute atomic E-state index is 13.7. The molecule has 1 N–H and O–H groups in total. The predicted molar refractivity (Wildman–Crippen MR) is 53.7 cm³/mol. The standard InChI is InChI=1S/C10H7F2N3O2/c11-10(12,5-4-9(16)17)7-2-1-3-8-13-6-14-15(7)8/h1-6H,(H,16,17)/b5-4+. The summed E-state index contributed by atoms with van der Waals surface area (Å²) in [6.07, 6.45) is 1.86. The molecule has 2 aromatic rings. The second-order valence-corrected chi connectivity index (χ2v) is 3.24. The zero-order valence-electron chi connectivity index (χ0n) is 8.42. The number of halogens is 2. The summed E-state index contributed by atoms with van der Waals surface area (Å²) in [5.74, 6) is -4.86. The molecule has 0 fully saturated rings. The van der Waals surface area contributed by atoms with Gasteiger partial charge in [-0.3, -0.25) is 0 Å². The number of fused-ring (bicyclic) bond motifs is 1. The first-order valence-corrected chi connectivity index (χ1v) is 4.60. The SMILES string of the molecule is O=C(O)/C=C/C(F)(F)c1cccc2ncnn12. The number of rotatable bonds is 3. The molecule has 0 aliphatic rings. The van der Waals surface area contributed by atoms with E-state index in [9.17, 15) is 13.6 Å². The van der Waals surface area contributed by atoms with Crippen molar-refractivity contribution in [3.05, 3.63) is 42.4 Å².